The summed E-state index contributed by atoms with van der Waals surface area (Å²) in [6.45, 7) is 39.5. The second-order valence-corrected chi connectivity index (χ2v) is 38.4. The molecule has 1 N–H and O–H groups in total. The van der Waals surface area contributed by atoms with Gasteiger partial charge in [0.1, 0.15) is 31.4 Å². The maximum absolute atomic E-state index is 13.4. The summed E-state index contributed by atoms with van der Waals surface area (Å²) in [5, 5.41) is 13.4. The number of hydrogen-bond donors (Lipinski definition) is 1. The van der Waals surface area contributed by atoms with E-state index in [1.165, 1.54) is 0 Å². The quantitative estimate of drug-likeness (QED) is 0.0301. The average molecular weight is 1260 g/mol. The van der Waals surface area contributed by atoms with E-state index in [0.717, 1.165) is 124 Å². The van der Waals surface area contributed by atoms with Gasteiger partial charge in [-0.25, -0.2) is 0 Å². The molecule has 498 valence electrons. The van der Waals surface area contributed by atoms with E-state index in [2.05, 4.69) is 120 Å². The summed E-state index contributed by atoms with van der Waals surface area (Å²) >= 11 is 0. The third kappa shape index (κ3) is 17.5. The Hall–Kier alpha value is -2.43. The van der Waals surface area contributed by atoms with Crippen molar-refractivity contribution in [2.24, 2.45) is 23.2 Å². The summed E-state index contributed by atoms with van der Waals surface area (Å²) in [6, 6.07) is 23.5. The molecule has 14 atom stereocenters. The SMILES string of the molecule is C=C[C@H]1O[C@@H](c2ccccc2)O[C@@H]([C@H]2C=C(COCOC)CC[C@]2(C[C@H](C)[C@@H](C)COCc2ccccc2)C(O)CCCC(=C)C[C@@H]2CC[C@@](C)(O[Si](CC)(CC)CC)[C@]3(CC[C@@]4(CCC[C@H](CCO[Si](C(C)C)(C(C)C)C(C)C)O4)O3)O2)[C@@H]1OCOC. The Balaban J connectivity index is 1.13. The molecule has 0 amide bonds. The molecule has 13 nitrogen and oxygen atoms in total. The highest BCUT2D eigenvalue weighted by molar-refractivity contribution is 6.77. The Morgan fingerprint density at radius 1 is 0.773 bits per heavy atom. The van der Waals surface area contributed by atoms with Gasteiger partial charge in [-0.15, -0.1) is 6.58 Å². The van der Waals surface area contributed by atoms with Crippen LogP contribution in [0.1, 0.15) is 197 Å². The molecule has 88 heavy (non-hydrogen) atoms. The third-order valence-corrected chi connectivity index (χ3v) is 32.6. The maximum Gasteiger partial charge on any atom is 0.200 e. The Morgan fingerprint density at radius 2 is 1.45 bits per heavy atom. The summed E-state index contributed by atoms with van der Waals surface area (Å²) in [6.07, 6.45) is 12.8. The van der Waals surface area contributed by atoms with Crippen molar-refractivity contribution in [1.29, 1.82) is 0 Å². The minimum Gasteiger partial charge on any atom is -0.416 e. The van der Waals surface area contributed by atoms with Crippen LogP contribution in [0.3, 0.4) is 0 Å². The first-order valence-corrected chi connectivity index (χ1v) is 39.0. The van der Waals surface area contributed by atoms with Gasteiger partial charge in [-0.1, -0.05) is 161 Å². The number of aliphatic hydroxyl groups excluding tert-OH is 1. The largest absolute Gasteiger partial charge is 0.416 e. The molecule has 0 bridgehead atoms. The van der Waals surface area contributed by atoms with Gasteiger partial charge in [0.05, 0.1) is 37.6 Å². The predicted molar refractivity (Wildman–Crippen MR) is 357 cm³/mol. The summed E-state index contributed by atoms with van der Waals surface area (Å²) in [5.41, 5.74) is 4.60. The van der Waals surface area contributed by atoms with Gasteiger partial charge in [0.15, 0.2) is 34.5 Å². The van der Waals surface area contributed by atoms with Gasteiger partial charge in [0, 0.05) is 63.6 Å². The molecule has 1 aliphatic carbocycles. The van der Waals surface area contributed by atoms with Crippen molar-refractivity contribution in [3.05, 3.63) is 108 Å². The molecule has 4 heterocycles. The first kappa shape index (κ1) is 73.0. The molecular formula is C73H120O13Si2. The zero-order valence-corrected chi connectivity index (χ0v) is 59.2. The second-order valence-electron chi connectivity index (χ2n) is 28.3. The van der Waals surface area contributed by atoms with Gasteiger partial charge in [0.2, 0.25) is 0 Å². The van der Waals surface area contributed by atoms with Crippen LogP contribution in [0.5, 0.6) is 0 Å². The van der Waals surface area contributed by atoms with Crippen molar-refractivity contribution < 1.29 is 61.3 Å². The minimum atomic E-state index is -2.12. The summed E-state index contributed by atoms with van der Waals surface area (Å²) in [4.78, 5) is 0. The van der Waals surface area contributed by atoms with Crippen molar-refractivity contribution in [3.8, 4) is 0 Å². The molecule has 4 saturated heterocycles. The van der Waals surface area contributed by atoms with Crippen molar-refractivity contribution in [1.82, 2.24) is 0 Å². The van der Waals surface area contributed by atoms with Crippen LogP contribution < -0.4 is 0 Å². The number of rotatable bonds is 36. The van der Waals surface area contributed by atoms with Crippen molar-refractivity contribution >= 4 is 16.6 Å². The lowest BCUT2D eigenvalue weighted by molar-refractivity contribution is -0.398. The zero-order chi connectivity index (χ0) is 63.8. The van der Waals surface area contributed by atoms with E-state index in [0.29, 0.717) is 55.7 Å². The van der Waals surface area contributed by atoms with E-state index in [1.807, 2.05) is 42.5 Å². The van der Waals surface area contributed by atoms with Crippen LogP contribution in [0.25, 0.3) is 0 Å². The summed E-state index contributed by atoms with van der Waals surface area (Å²) < 4.78 is 81.0. The fourth-order valence-electron chi connectivity index (χ4n) is 16.4. The molecule has 4 fully saturated rings. The van der Waals surface area contributed by atoms with Crippen molar-refractivity contribution in [2.75, 3.05) is 47.6 Å². The highest BCUT2D eigenvalue weighted by atomic mass is 28.4. The Morgan fingerprint density at radius 3 is 2.10 bits per heavy atom. The van der Waals surface area contributed by atoms with E-state index in [-0.39, 0.29) is 43.5 Å². The first-order valence-electron chi connectivity index (χ1n) is 34.4. The minimum absolute atomic E-state index is 0.0315. The standard InChI is InChI=1S/C73H120O13Si2/c1-17-65-68(79-52-76-16)67(82-69(81-65)61-32-25-22-26-33-61)64-46-60(50-78-51-75-15)36-41-71(64,47-57(12)58(13)48-77-49-59-30-23-21-24-31-59)66(74)35-27-29-56(11)45-63-37-40-70(14,86-87(18-2,19-3)20-4)73(84-63)43-42-72(85-73)39-28-34-62(83-72)38-44-80-88(53(5)6,54(7)8)55(9)10/h17,21-26,30-33,46,53-55,57-58,62-69,74H,1,11,18-20,27-29,34-45,47-52H2,2-10,12-16H3/t57-,58-,62+,63-,64+,65+,66?,67-,68+,69+,70+,71+,72+,73+/m0/s1. The monoisotopic (exact) mass is 1260 g/mol. The van der Waals surface area contributed by atoms with E-state index >= 15 is 0 Å². The lowest BCUT2D eigenvalue weighted by Crippen LogP contribution is -2.65. The van der Waals surface area contributed by atoms with Crippen molar-refractivity contribution in [3.63, 3.8) is 0 Å². The van der Waals surface area contributed by atoms with Crippen LogP contribution in [0.4, 0.5) is 0 Å². The number of aliphatic hydroxyl groups is 1. The number of hydrogen-bond acceptors (Lipinski definition) is 13. The van der Waals surface area contributed by atoms with E-state index < -0.39 is 69.9 Å². The molecule has 15 heteroatoms. The third-order valence-electron chi connectivity index (χ3n) is 21.7. The van der Waals surface area contributed by atoms with Gasteiger partial charge in [-0.3, -0.25) is 0 Å². The maximum atomic E-state index is 13.4. The topological polar surface area (TPSA) is 131 Å². The average Bonchev–Trinajstić information content (AvgIpc) is 1.45. The van der Waals surface area contributed by atoms with Crippen LogP contribution in [0, 0.1) is 23.2 Å². The van der Waals surface area contributed by atoms with E-state index in [9.17, 15) is 5.11 Å². The second kappa shape index (κ2) is 33.6. The summed E-state index contributed by atoms with van der Waals surface area (Å²) in [7, 11) is -0.863. The van der Waals surface area contributed by atoms with Crippen LogP contribution >= 0.6 is 0 Å². The predicted octanol–water partition coefficient (Wildman–Crippen LogP) is 17.3. The highest BCUT2D eigenvalue weighted by Gasteiger charge is 2.65. The highest BCUT2D eigenvalue weighted by Crippen LogP contribution is 2.58. The van der Waals surface area contributed by atoms with Crippen LogP contribution in [0.15, 0.2) is 97.1 Å². The number of ether oxygens (including phenoxy) is 10. The molecule has 2 spiro atoms. The summed E-state index contributed by atoms with van der Waals surface area (Å²) in [5.74, 6) is -1.67. The van der Waals surface area contributed by atoms with Crippen molar-refractivity contribution in [2.45, 2.75) is 281 Å². The molecule has 2 aromatic rings. The Bertz CT molecular complexity index is 2390. The molecule has 7 rings (SSSR count). The smallest absolute Gasteiger partial charge is 0.200 e. The lowest BCUT2D eigenvalue weighted by Gasteiger charge is -2.55. The van der Waals surface area contributed by atoms with E-state index in [1.54, 1.807) is 14.2 Å². The lowest BCUT2D eigenvalue weighted by atomic mass is 9.56. The van der Waals surface area contributed by atoms with Gasteiger partial charge < -0.3 is 61.3 Å². The fourth-order valence-corrected chi connectivity index (χ4v) is 25.0. The van der Waals surface area contributed by atoms with Gasteiger partial charge in [-0.2, -0.15) is 0 Å². The van der Waals surface area contributed by atoms with Gasteiger partial charge >= 0.3 is 0 Å². The molecule has 4 aliphatic heterocycles. The van der Waals surface area contributed by atoms with Gasteiger partial charge in [-0.05, 0) is 142 Å². The molecule has 1 unspecified atom stereocenters. The Kier molecular flexibility index (Phi) is 27.9. The molecular weight excluding hydrogens is 1140 g/mol. The molecule has 0 radical (unpaired) electrons. The molecule has 0 aromatic heterocycles. The first-order chi connectivity index (χ1) is 42.1. The molecule has 0 saturated carbocycles. The number of benzene rings is 2. The van der Waals surface area contributed by atoms with Crippen LogP contribution in [-0.4, -0.2) is 123 Å². The Labute approximate surface area is 535 Å². The fraction of sp³-hybridized carbons (Fsp3) is 0.753. The normalized spacial score (nSPS) is 30.8. The molecule has 5 aliphatic rings. The van der Waals surface area contributed by atoms with Crippen LogP contribution in [-0.2, 0) is 62.8 Å². The van der Waals surface area contributed by atoms with Gasteiger partial charge in [0.25, 0.3) is 0 Å². The van der Waals surface area contributed by atoms with E-state index in [4.69, 9.17) is 62.8 Å². The van der Waals surface area contributed by atoms with Crippen LogP contribution in [0.2, 0.25) is 34.8 Å². The zero-order valence-electron chi connectivity index (χ0n) is 57.2. The number of methoxy groups -OCH3 is 2. The molecule has 2 aromatic carbocycles.